The molecule has 0 radical (unpaired) electrons. The van der Waals surface area contributed by atoms with Gasteiger partial charge in [0.05, 0.1) is 27.8 Å². The Morgan fingerprint density at radius 1 is 1.57 bits per heavy atom. The maximum absolute atomic E-state index is 10.6. The number of aromatic carboxylic acids is 1. The fourth-order valence-electron chi connectivity index (χ4n) is 0.954. The molecule has 1 aromatic carbocycles. The van der Waals surface area contributed by atoms with E-state index in [2.05, 4.69) is 0 Å². The number of nitriles is 1. The Morgan fingerprint density at radius 3 is 2.64 bits per heavy atom. The van der Waals surface area contributed by atoms with Crippen LogP contribution in [0.15, 0.2) is 12.1 Å². The zero-order chi connectivity index (χ0) is 10.7. The quantitative estimate of drug-likeness (QED) is 0.753. The van der Waals surface area contributed by atoms with E-state index in [4.69, 9.17) is 22.0 Å². The number of aldehydes is 1. The lowest BCUT2D eigenvalue weighted by Gasteiger charge is -2.01. The van der Waals surface area contributed by atoms with Gasteiger partial charge in [-0.2, -0.15) is 5.26 Å². The molecule has 0 aromatic heterocycles. The second-order valence-electron chi connectivity index (χ2n) is 2.45. The van der Waals surface area contributed by atoms with E-state index in [0.29, 0.717) is 6.29 Å². The summed E-state index contributed by atoms with van der Waals surface area (Å²) in [6, 6.07) is 3.95. The Balaban J connectivity index is 3.48. The highest BCUT2D eigenvalue weighted by Crippen LogP contribution is 2.20. The summed E-state index contributed by atoms with van der Waals surface area (Å²) in [6.07, 6.45) is 0.423. The lowest BCUT2D eigenvalue weighted by atomic mass is 10.1. The second kappa shape index (κ2) is 3.90. The van der Waals surface area contributed by atoms with Gasteiger partial charge in [-0.1, -0.05) is 11.6 Å². The number of carbonyl (C=O) groups excluding carboxylic acids is 1. The first-order valence-corrected chi connectivity index (χ1v) is 3.90. The average molecular weight is 210 g/mol. The summed E-state index contributed by atoms with van der Waals surface area (Å²) in [5.41, 5.74) is -0.138. The second-order valence-corrected chi connectivity index (χ2v) is 2.86. The zero-order valence-corrected chi connectivity index (χ0v) is 7.58. The van der Waals surface area contributed by atoms with Crippen molar-refractivity contribution in [1.82, 2.24) is 0 Å². The molecule has 0 amide bonds. The molecule has 0 fully saturated rings. The van der Waals surface area contributed by atoms with E-state index in [1.54, 1.807) is 6.07 Å². The Hall–Kier alpha value is -1.86. The van der Waals surface area contributed by atoms with Crippen molar-refractivity contribution in [3.05, 3.63) is 33.8 Å². The van der Waals surface area contributed by atoms with Crippen molar-refractivity contribution in [2.24, 2.45) is 0 Å². The summed E-state index contributed by atoms with van der Waals surface area (Å²) in [6.45, 7) is 0. The van der Waals surface area contributed by atoms with Crippen molar-refractivity contribution < 1.29 is 14.7 Å². The minimum absolute atomic E-state index is 0.0131. The molecule has 5 heteroatoms. The fraction of sp³-hybridized carbons (Fsp3) is 0. The van der Waals surface area contributed by atoms with Gasteiger partial charge in [0.25, 0.3) is 0 Å². The molecule has 0 bridgehead atoms. The molecule has 0 atom stereocenters. The number of carbonyl (C=O) groups is 2. The van der Waals surface area contributed by atoms with Crippen LogP contribution in [0.4, 0.5) is 0 Å². The van der Waals surface area contributed by atoms with Gasteiger partial charge in [0.2, 0.25) is 0 Å². The topological polar surface area (TPSA) is 78.2 Å². The molecular weight excluding hydrogens is 206 g/mol. The average Bonchev–Trinajstić information content (AvgIpc) is 2.16. The van der Waals surface area contributed by atoms with Gasteiger partial charge in [-0.25, -0.2) is 4.79 Å². The summed E-state index contributed by atoms with van der Waals surface area (Å²) in [7, 11) is 0. The molecule has 4 nitrogen and oxygen atoms in total. The maximum atomic E-state index is 10.6. The standard InChI is InChI=1S/C9H4ClNO3/c10-8-2-5(9(13)14)1-6(3-11)7(8)4-12/h1-2,4H,(H,13,14). The monoisotopic (exact) mass is 209 g/mol. The third kappa shape index (κ3) is 1.73. The molecular formula is C9H4ClNO3. The molecule has 1 rings (SSSR count). The Bertz CT molecular complexity index is 448. The van der Waals surface area contributed by atoms with E-state index in [1.165, 1.54) is 0 Å². The number of benzene rings is 1. The van der Waals surface area contributed by atoms with Crippen molar-refractivity contribution in [1.29, 1.82) is 5.26 Å². The summed E-state index contributed by atoms with van der Waals surface area (Å²) >= 11 is 5.61. The van der Waals surface area contributed by atoms with Crippen LogP contribution in [0.1, 0.15) is 26.3 Å². The van der Waals surface area contributed by atoms with Gasteiger partial charge in [-0.3, -0.25) is 4.79 Å². The lowest BCUT2D eigenvalue weighted by Crippen LogP contribution is -1.99. The smallest absolute Gasteiger partial charge is 0.335 e. The van der Waals surface area contributed by atoms with Crippen molar-refractivity contribution in [3.8, 4) is 6.07 Å². The maximum Gasteiger partial charge on any atom is 0.335 e. The summed E-state index contributed by atoms with van der Waals surface area (Å²) in [5, 5.41) is 17.2. The highest BCUT2D eigenvalue weighted by Gasteiger charge is 2.12. The van der Waals surface area contributed by atoms with Crippen LogP contribution in [0.25, 0.3) is 0 Å². The molecule has 70 valence electrons. The van der Waals surface area contributed by atoms with E-state index in [0.717, 1.165) is 12.1 Å². The van der Waals surface area contributed by atoms with Gasteiger partial charge >= 0.3 is 5.97 Å². The Morgan fingerprint density at radius 2 is 2.21 bits per heavy atom. The number of rotatable bonds is 2. The first kappa shape index (κ1) is 10.2. The van der Waals surface area contributed by atoms with E-state index >= 15 is 0 Å². The van der Waals surface area contributed by atoms with Crippen LogP contribution in [0.3, 0.4) is 0 Å². The normalized spacial score (nSPS) is 9.14. The van der Waals surface area contributed by atoms with Gasteiger partial charge in [0.1, 0.15) is 0 Å². The Labute approximate surface area is 84.3 Å². The van der Waals surface area contributed by atoms with E-state index in [-0.39, 0.29) is 21.7 Å². The van der Waals surface area contributed by atoms with Gasteiger partial charge in [-0.15, -0.1) is 0 Å². The molecule has 0 saturated heterocycles. The van der Waals surface area contributed by atoms with Crippen LogP contribution in [-0.2, 0) is 0 Å². The van der Waals surface area contributed by atoms with Gasteiger partial charge in [-0.05, 0) is 12.1 Å². The molecule has 14 heavy (non-hydrogen) atoms. The first-order valence-electron chi connectivity index (χ1n) is 3.52. The lowest BCUT2D eigenvalue weighted by molar-refractivity contribution is 0.0696. The van der Waals surface area contributed by atoms with Gasteiger partial charge in [0, 0.05) is 0 Å². The third-order valence-corrected chi connectivity index (χ3v) is 1.93. The molecule has 0 aliphatic rings. The van der Waals surface area contributed by atoms with Gasteiger partial charge in [0.15, 0.2) is 6.29 Å². The van der Waals surface area contributed by atoms with Crippen LogP contribution < -0.4 is 0 Å². The highest BCUT2D eigenvalue weighted by atomic mass is 35.5. The molecule has 0 saturated carbocycles. The molecule has 0 heterocycles. The van der Waals surface area contributed by atoms with Crippen molar-refractivity contribution in [2.45, 2.75) is 0 Å². The minimum atomic E-state index is -1.19. The summed E-state index contributed by atoms with van der Waals surface area (Å²) in [5.74, 6) is -1.19. The van der Waals surface area contributed by atoms with Gasteiger partial charge < -0.3 is 5.11 Å². The molecule has 0 aliphatic carbocycles. The number of hydrogen-bond donors (Lipinski definition) is 1. The number of nitrogens with zero attached hydrogens (tertiary/aromatic N) is 1. The number of hydrogen-bond acceptors (Lipinski definition) is 3. The predicted molar refractivity (Wildman–Crippen MR) is 48.5 cm³/mol. The molecule has 1 N–H and O–H groups in total. The van der Waals surface area contributed by atoms with Crippen LogP contribution in [0, 0.1) is 11.3 Å². The largest absolute Gasteiger partial charge is 0.478 e. The van der Waals surface area contributed by atoms with E-state index in [9.17, 15) is 9.59 Å². The molecule has 0 aliphatic heterocycles. The van der Waals surface area contributed by atoms with E-state index in [1.807, 2.05) is 0 Å². The summed E-state index contributed by atoms with van der Waals surface area (Å²) < 4.78 is 0. The van der Waals surface area contributed by atoms with Crippen LogP contribution in [0.5, 0.6) is 0 Å². The van der Waals surface area contributed by atoms with E-state index < -0.39 is 5.97 Å². The summed E-state index contributed by atoms with van der Waals surface area (Å²) in [4.78, 5) is 21.1. The SMILES string of the molecule is N#Cc1cc(C(=O)O)cc(Cl)c1C=O. The van der Waals surface area contributed by atoms with Crippen LogP contribution >= 0.6 is 11.6 Å². The van der Waals surface area contributed by atoms with Crippen molar-refractivity contribution in [2.75, 3.05) is 0 Å². The highest BCUT2D eigenvalue weighted by molar-refractivity contribution is 6.33. The Kier molecular flexibility index (Phi) is 2.85. The van der Waals surface area contributed by atoms with Crippen molar-refractivity contribution in [3.63, 3.8) is 0 Å². The third-order valence-electron chi connectivity index (χ3n) is 1.61. The zero-order valence-electron chi connectivity index (χ0n) is 6.82. The molecule has 0 spiro atoms. The fourth-order valence-corrected chi connectivity index (χ4v) is 1.22. The van der Waals surface area contributed by atoms with Crippen molar-refractivity contribution >= 4 is 23.9 Å². The molecule has 0 unspecified atom stereocenters. The number of carboxylic acids is 1. The minimum Gasteiger partial charge on any atom is -0.478 e. The molecule has 1 aromatic rings. The number of carboxylic acid groups (broad SMARTS) is 1. The first-order chi connectivity index (χ1) is 6.60. The van der Waals surface area contributed by atoms with Crippen LogP contribution in [0.2, 0.25) is 5.02 Å². The predicted octanol–water partition coefficient (Wildman–Crippen LogP) is 1.72. The van der Waals surface area contributed by atoms with Crippen LogP contribution in [-0.4, -0.2) is 17.4 Å². The number of halogens is 1.